The molecule has 0 N–H and O–H groups in total. The van der Waals surface area contributed by atoms with Crippen molar-refractivity contribution in [3.63, 3.8) is 0 Å². The molecular weight excluding hydrogens is 214 g/mol. The minimum Gasteiger partial charge on any atom is -0.296 e. The van der Waals surface area contributed by atoms with Gasteiger partial charge in [0.2, 0.25) is 5.91 Å². The smallest absolute Gasteiger partial charge is 0.229 e. The molecule has 1 amide bonds. The Morgan fingerprint density at radius 3 is 2.88 bits per heavy atom. The molecule has 1 aliphatic heterocycles. The van der Waals surface area contributed by atoms with E-state index in [1.165, 1.54) is 12.8 Å². The number of hydrogen-bond donors (Lipinski definition) is 0. The highest BCUT2D eigenvalue weighted by molar-refractivity contribution is 5.95. The molecule has 0 bridgehead atoms. The van der Waals surface area contributed by atoms with E-state index in [1.54, 1.807) is 9.58 Å². The van der Waals surface area contributed by atoms with Crippen LogP contribution in [0.15, 0.2) is 6.07 Å². The van der Waals surface area contributed by atoms with Gasteiger partial charge in [0, 0.05) is 37.9 Å². The Labute approximate surface area is 101 Å². The van der Waals surface area contributed by atoms with Crippen LogP contribution in [0.4, 0.5) is 5.82 Å². The Morgan fingerprint density at radius 2 is 2.29 bits per heavy atom. The zero-order valence-corrected chi connectivity index (χ0v) is 9.89. The van der Waals surface area contributed by atoms with E-state index in [9.17, 15) is 4.79 Å². The average Bonchev–Trinajstić information content (AvgIpc) is 2.99. The number of rotatable bonds is 2. The van der Waals surface area contributed by atoms with Crippen molar-refractivity contribution >= 4 is 11.7 Å². The molecule has 0 radical (unpaired) electrons. The first-order chi connectivity index (χ1) is 8.19. The maximum Gasteiger partial charge on any atom is 0.229 e. The van der Waals surface area contributed by atoms with E-state index < -0.39 is 0 Å². The van der Waals surface area contributed by atoms with Crippen LogP contribution in [0.1, 0.15) is 30.9 Å². The average molecular weight is 229 g/mol. The highest BCUT2D eigenvalue weighted by Crippen LogP contribution is 2.40. The van der Waals surface area contributed by atoms with Crippen LogP contribution in [0.5, 0.6) is 0 Å². The fourth-order valence-electron chi connectivity index (χ4n) is 2.35. The first-order valence-electron chi connectivity index (χ1n) is 5.99. The van der Waals surface area contributed by atoms with Crippen LogP contribution < -0.4 is 4.90 Å². The summed E-state index contributed by atoms with van der Waals surface area (Å²) >= 11 is 0. The van der Waals surface area contributed by atoms with Gasteiger partial charge in [0.25, 0.3) is 0 Å². The maximum absolute atomic E-state index is 11.9. The molecule has 1 unspecified atom stereocenters. The lowest BCUT2D eigenvalue weighted by Crippen LogP contribution is -2.26. The van der Waals surface area contributed by atoms with E-state index in [2.05, 4.69) is 11.0 Å². The summed E-state index contributed by atoms with van der Waals surface area (Å²) in [5, 5.41) is 4.47. The van der Waals surface area contributed by atoms with Gasteiger partial charge < -0.3 is 0 Å². The summed E-state index contributed by atoms with van der Waals surface area (Å²) in [6.07, 6.45) is 8.28. The SMILES string of the molecule is C#CC1CC(=O)N(c2cc(C3CC3)nn2C)C1. The monoisotopic (exact) mass is 229 g/mol. The molecule has 2 fully saturated rings. The maximum atomic E-state index is 11.9. The van der Waals surface area contributed by atoms with Crippen molar-refractivity contribution in [3.8, 4) is 12.3 Å². The van der Waals surface area contributed by atoms with E-state index in [4.69, 9.17) is 6.42 Å². The van der Waals surface area contributed by atoms with Crippen molar-refractivity contribution in [3.05, 3.63) is 11.8 Å². The van der Waals surface area contributed by atoms with Gasteiger partial charge in [-0.05, 0) is 12.8 Å². The highest BCUT2D eigenvalue weighted by Gasteiger charge is 2.33. The number of aromatic nitrogens is 2. The topological polar surface area (TPSA) is 38.1 Å². The number of amides is 1. The van der Waals surface area contributed by atoms with Gasteiger partial charge in [-0.1, -0.05) is 0 Å². The van der Waals surface area contributed by atoms with Gasteiger partial charge in [-0.25, -0.2) is 0 Å². The van der Waals surface area contributed by atoms with Crippen molar-refractivity contribution in [1.82, 2.24) is 9.78 Å². The third-order valence-electron chi connectivity index (χ3n) is 3.51. The Balaban J connectivity index is 1.88. The van der Waals surface area contributed by atoms with E-state index in [1.807, 2.05) is 13.1 Å². The third-order valence-corrected chi connectivity index (χ3v) is 3.51. The van der Waals surface area contributed by atoms with Gasteiger partial charge in [0.1, 0.15) is 5.82 Å². The molecule has 4 heteroatoms. The number of carbonyl (C=O) groups excluding carboxylic acids is 1. The van der Waals surface area contributed by atoms with Gasteiger partial charge in [-0.15, -0.1) is 12.3 Å². The highest BCUT2D eigenvalue weighted by atomic mass is 16.2. The number of carbonyl (C=O) groups is 1. The molecule has 88 valence electrons. The van der Waals surface area contributed by atoms with Gasteiger partial charge >= 0.3 is 0 Å². The Kier molecular flexibility index (Phi) is 2.22. The predicted octanol–water partition coefficient (Wildman–Crippen LogP) is 1.28. The molecule has 1 saturated heterocycles. The summed E-state index contributed by atoms with van der Waals surface area (Å²) in [6.45, 7) is 0.624. The fourth-order valence-corrected chi connectivity index (χ4v) is 2.35. The molecular formula is C13H15N3O. The minimum atomic E-state index is 0.0433. The second kappa shape index (κ2) is 3.63. The lowest BCUT2D eigenvalue weighted by Gasteiger charge is -2.15. The van der Waals surface area contributed by atoms with Gasteiger partial charge in [0.05, 0.1) is 5.69 Å². The van der Waals surface area contributed by atoms with Gasteiger partial charge in [0.15, 0.2) is 0 Å². The zero-order valence-electron chi connectivity index (χ0n) is 9.89. The summed E-state index contributed by atoms with van der Waals surface area (Å²) in [6, 6.07) is 2.04. The normalized spacial score (nSPS) is 24.1. The van der Waals surface area contributed by atoms with Crippen molar-refractivity contribution in [2.45, 2.75) is 25.2 Å². The zero-order chi connectivity index (χ0) is 12.0. The Bertz CT molecular complexity index is 507. The van der Waals surface area contributed by atoms with Crippen LogP contribution >= 0.6 is 0 Å². The second-order valence-electron chi connectivity index (χ2n) is 4.90. The van der Waals surface area contributed by atoms with Crippen LogP contribution in [-0.4, -0.2) is 22.2 Å². The lowest BCUT2D eigenvalue weighted by atomic mass is 10.1. The first kappa shape index (κ1) is 10.4. The van der Waals surface area contributed by atoms with Crippen LogP contribution in [0, 0.1) is 18.3 Å². The molecule has 17 heavy (non-hydrogen) atoms. The van der Waals surface area contributed by atoms with E-state index in [0.29, 0.717) is 18.9 Å². The standard InChI is InChI=1S/C13H15N3O/c1-3-9-6-13(17)16(8-9)12-7-11(10-4-5-10)14-15(12)2/h1,7,9-10H,4-6,8H2,2H3. The van der Waals surface area contributed by atoms with Crippen LogP contribution in [-0.2, 0) is 11.8 Å². The number of anilines is 1. The Hall–Kier alpha value is -1.76. The van der Waals surface area contributed by atoms with E-state index in [-0.39, 0.29) is 11.8 Å². The van der Waals surface area contributed by atoms with Gasteiger partial charge in [-0.3, -0.25) is 14.4 Å². The number of hydrogen-bond acceptors (Lipinski definition) is 2. The molecule has 1 atom stereocenters. The summed E-state index contributed by atoms with van der Waals surface area (Å²) in [4.78, 5) is 13.6. The van der Waals surface area contributed by atoms with Crippen LogP contribution in [0.2, 0.25) is 0 Å². The number of nitrogens with zero attached hydrogens (tertiary/aromatic N) is 3. The Morgan fingerprint density at radius 1 is 1.53 bits per heavy atom. The molecule has 4 nitrogen and oxygen atoms in total. The molecule has 1 aromatic heterocycles. The quantitative estimate of drug-likeness (QED) is 0.717. The van der Waals surface area contributed by atoms with Crippen molar-refractivity contribution in [1.29, 1.82) is 0 Å². The second-order valence-corrected chi connectivity index (χ2v) is 4.90. The first-order valence-corrected chi connectivity index (χ1v) is 5.99. The molecule has 1 aliphatic carbocycles. The molecule has 0 aromatic carbocycles. The molecule has 3 rings (SSSR count). The fraction of sp³-hybridized carbons (Fsp3) is 0.538. The van der Waals surface area contributed by atoms with E-state index >= 15 is 0 Å². The number of aryl methyl sites for hydroxylation is 1. The predicted molar refractivity (Wildman–Crippen MR) is 64.5 cm³/mol. The molecule has 1 aromatic rings. The van der Waals surface area contributed by atoms with Crippen LogP contribution in [0.25, 0.3) is 0 Å². The lowest BCUT2D eigenvalue weighted by molar-refractivity contribution is -0.117. The summed E-state index contributed by atoms with van der Waals surface area (Å²) in [5.41, 5.74) is 1.11. The van der Waals surface area contributed by atoms with Crippen molar-refractivity contribution in [2.75, 3.05) is 11.4 Å². The molecule has 2 heterocycles. The van der Waals surface area contributed by atoms with E-state index in [0.717, 1.165) is 11.5 Å². The summed E-state index contributed by atoms with van der Waals surface area (Å²) < 4.78 is 1.80. The molecule has 2 aliphatic rings. The van der Waals surface area contributed by atoms with Crippen LogP contribution in [0.3, 0.4) is 0 Å². The minimum absolute atomic E-state index is 0.0433. The summed E-state index contributed by atoms with van der Waals surface area (Å²) in [5.74, 6) is 4.31. The largest absolute Gasteiger partial charge is 0.296 e. The third kappa shape index (κ3) is 1.72. The van der Waals surface area contributed by atoms with Gasteiger partial charge in [-0.2, -0.15) is 5.10 Å². The number of terminal acetylenes is 1. The summed E-state index contributed by atoms with van der Waals surface area (Å²) in [7, 11) is 1.89. The van der Waals surface area contributed by atoms with Crippen molar-refractivity contribution in [2.24, 2.45) is 13.0 Å². The molecule has 0 spiro atoms. The van der Waals surface area contributed by atoms with Crippen molar-refractivity contribution < 1.29 is 4.79 Å². The molecule has 1 saturated carbocycles.